The molecule has 0 bridgehead atoms. The highest BCUT2D eigenvalue weighted by Crippen LogP contribution is 2.24. The first-order valence-corrected chi connectivity index (χ1v) is 7.02. The van der Waals surface area contributed by atoms with Gasteiger partial charge in [0.1, 0.15) is 0 Å². The minimum atomic E-state index is -3.83. The summed E-state index contributed by atoms with van der Waals surface area (Å²) in [5, 5.41) is 10.3. The van der Waals surface area contributed by atoms with Crippen molar-refractivity contribution in [3.8, 4) is 0 Å². The van der Waals surface area contributed by atoms with Crippen LogP contribution in [0.2, 0.25) is 5.02 Å². The number of primary sulfonamides is 1. The first-order chi connectivity index (χ1) is 8.20. The Hall–Kier alpha value is -1.31. The van der Waals surface area contributed by atoms with E-state index in [0.29, 0.717) is 0 Å². The summed E-state index contributed by atoms with van der Waals surface area (Å²) < 4.78 is 22.3. The highest BCUT2D eigenvalue weighted by atomic mass is 35.5. The molecule has 1 aromatic carbocycles. The molecule has 1 aromatic rings. The van der Waals surface area contributed by atoms with Crippen LogP contribution < -0.4 is 15.8 Å². The lowest BCUT2D eigenvalue weighted by atomic mass is 10.3. The summed E-state index contributed by atoms with van der Waals surface area (Å²) in [5.74, 6) is 0. The Morgan fingerprint density at radius 1 is 1.39 bits per heavy atom. The Bertz CT molecular complexity index is 557. The molecule has 0 saturated carbocycles. The molecule has 0 unspecified atom stereocenters. The van der Waals surface area contributed by atoms with Crippen LogP contribution in [-0.4, -0.2) is 20.5 Å². The molecule has 0 aliphatic rings. The number of urea groups is 1. The second-order valence-electron chi connectivity index (χ2n) is 3.94. The number of anilines is 1. The number of nitrogens with one attached hydrogen (secondary N) is 2. The first-order valence-electron chi connectivity index (χ1n) is 5.10. The fourth-order valence-electron chi connectivity index (χ4n) is 1.20. The highest BCUT2D eigenvalue weighted by molar-refractivity contribution is 7.89. The molecule has 8 heteroatoms. The van der Waals surface area contributed by atoms with Crippen LogP contribution in [0.3, 0.4) is 0 Å². The molecule has 0 aromatic heterocycles. The molecule has 100 valence electrons. The molecule has 18 heavy (non-hydrogen) atoms. The van der Waals surface area contributed by atoms with Crippen molar-refractivity contribution in [1.29, 1.82) is 0 Å². The maximum atomic E-state index is 11.5. The van der Waals surface area contributed by atoms with Gasteiger partial charge in [-0.2, -0.15) is 0 Å². The third-order valence-electron chi connectivity index (χ3n) is 1.93. The van der Waals surface area contributed by atoms with Crippen molar-refractivity contribution in [2.45, 2.75) is 24.8 Å². The van der Waals surface area contributed by atoms with Crippen LogP contribution >= 0.6 is 11.6 Å². The van der Waals surface area contributed by atoms with Gasteiger partial charge in [-0.1, -0.05) is 11.6 Å². The van der Waals surface area contributed by atoms with E-state index < -0.39 is 16.1 Å². The Labute approximate surface area is 111 Å². The van der Waals surface area contributed by atoms with Crippen molar-refractivity contribution < 1.29 is 13.2 Å². The quantitative estimate of drug-likeness (QED) is 0.787. The summed E-state index contributed by atoms with van der Waals surface area (Å²) in [6.45, 7) is 3.59. The van der Waals surface area contributed by atoms with Gasteiger partial charge in [-0.15, -0.1) is 0 Å². The zero-order chi connectivity index (χ0) is 13.9. The normalized spacial score (nSPS) is 11.4. The predicted molar refractivity (Wildman–Crippen MR) is 70.1 cm³/mol. The van der Waals surface area contributed by atoms with Crippen LogP contribution in [0.5, 0.6) is 0 Å². The molecule has 2 amide bonds. The fraction of sp³-hybridized carbons (Fsp3) is 0.300. The molecular weight excluding hydrogens is 278 g/mol. The van der Waals surface area contributed by atoms with Crippen molar-refractivity contribution >= 4 is 33.3 Å². The van der Waals surface area contributed by atoms with E-state index in [0.717, 1.165) is 0 Å². The summed E-state index contributed by atoms with van der Waals surface area (Å²) >= 11 is 5.85. The standard InChI is InChI=1S/C10H14ClN3O3S/c1-6(2)13-10(15)14-9-5-7(18(12,16)17)3-4-8(9)11/h3-6H,1-2H3,(H2,12,16,17)(H2,13,14,15). The average Bonchev–Trinajstić information content (AvgIpc) is 2.18. The third-order valence-corrected chi connectivity index (χ3v) is 3.17. The molecular formula is C10H14ClN3O3S. The number of halogens is 1. The van der Waals surface area contributed by atoms with Crippen molar-refractivity contribution in [3.05, 3.63) is 23.2 Å². The van der Waals surface area contributed by atoms with Crippen LogP contribution in [-0.2, 0) is 10.0 Å². The van der Waals surface area contributed by atoms with Crippen LogP contribution in [0, 0.1) is 0 Å². The van der Waals surface area contributed by atoms with E-state index in [1.165, 1.54) is 18.2 Å². The molecule has 0 fully saturated rings. The minimum Gasteiger partial charge on any atom is -0.336 e. The van der Waals surface area contributed by atoms with Crippen molar-refractivity contribution in [2.24, 2.45) is 5.14 Å². The summed E-state index contributed by atoms with van der Waals surface area (Å²) in [5.41, 5.74) is 0.182. The van der Waals surface area contributed by atoms with E-state index in [-0.39, 0.29) is 21.6 Å². The van der Waals surface area contributed by atoms with Crippen molar-refractivity contribution in [2.75, 3.05) is 5.32 Å². The number of carbonyl (C=O) groups excluding carboxylic acids is 1. The average molecular weight is 292 g/mol. The number of hydrogen-bond donors (Lipinski definition) is 3. The second-order valence-corrected chi connectivity index (χ2v) is 5.91. The number of benzene rings is 1. The zero-order valence-electron chi connectivity index (χ0n) is 9.90. The number of rotatable bonds is 3. The van der Waals surface area contributed by atoms with E-state index >= 15 is 0 Å². The van der Waals surface area contributed by atoms with Crippen LogP contribution in [0.15, 0.2) is 23.1 Å². The van der Waals surface area contributed by atoms with Gasteiger partial charge in [0.05, 0.1) is 15.6 Å². The Kier molecular flexibility index (Phi) is 4.55. The third kappa shape index (κ3) is 4.17. The Morgan fingerprint density at radius 3 is 2.50 bits per heavy atom. The molecule has 1 rings (SSSR count). The van der Waals surface area contributed by atoms with Gasteiger partial charge in [-0.25, -0.2) is 18.4 Å². The molecule has 0 saturated heterocycles. The molecule has 0 aliphatic heterocycles. The van der Waals surface area contributed by atoms with Gasteiger partial charge in [0.25, 0.3) is 0 Å². The maximum Gasteiger partial charge on any atom is 0.319 e. The van der Waals surface area contributed by atoms with Crippen LogP contribution in [0.25, 0.3) is 0 Å². The summed E-state index contributed by atoms with van der Waals surface area (Å²) in [6, 6.07) is 3.30. The lowest BCUT2D eigenvalue weighted by Gasteiger charge is -2.12. The Morgan fingerprint density at radius 2 is 2.00 bits per heavy atom. The molecule has 0 heterocycles. The SMILES string of the molecule is CC(C)NC(=O)Nc1cc(S(N)(=O)=O)ccc1Cl. The highest BCUT2D eigenvalue weighted by Gasteiger charge is 2.12. The number of carbonyl (C=O) groups is 1. The smallest absolute Gasteiger partial charge is 0.319 e. The van der Waals surface area contributed by atoms with Crippen LogP contribution in [0.1, 0.15) is 13.8 Å². The van der Waals surface area contributed by atoms with E-state index in [9.17, 15) is 13.2 Å². The van der Waals surface area contributed by atoms with E-state index in [4.69, 9.17) is 16.7 Å². The summed E-state index contributed by atoms with van der Waals surface area (Å²) in [4.78, 5) is 11.4. The van der Waals surface area contributed by atoms with Crippen LogP contribution in [0.4, 0.5) is 10.5 Å². The van der Waals surface area contributed by atoms with Gasteiger partial charge in [0.15, 0.2) is 0 Å². The van der Waals surface area contributed by atoms with E-state index in [2.05, 4.69) is 10.6 Å². The number of nitrogens with two attached hydrogens (primary N) is 1. The van der Waals surface area contributed by atoms with Gasteiger partial charge in [0, 0.05) is 6.04 Å². The molecule has 0 aliphatic carbocycles. The molecule has 0 radical (unpaired) electrons. The predicted octanol–water partition coefficient (Wildman–Crippen LogP) is 1.52. The fourth-order valence-corrected chi connectivity index (χ4v) is 1.90. The van der Waals surface area contributed by atoms with E-state index in [1.807, 2.05) is 0 Å². The summed E-state index contributed by atoms with van der Waals surface area (Å²) in [7, 11) is -3.83. The number of amides is 2. The summed E-state index contributed by atoms with van der Waals surface area (Å²) in [6.07, 6.45) is 0. The minimum absolute atomic E-state index is 0.0507. The lowest BCUT2D eigenvalue weighted by molar-refractivity contribution is 0.250. The lowest BCUT2D eigenvalue weighted by Crippen LogP contribution is -2.34. The molecule has 0 spiro atoms. The first kappa shape index (κ1) is 14.7. The number of sulfonamides is 1. The second kappa shape index (κ2) is 5.55. The van der Waals surface area contributed by atoms with Gasteiger partial charge in [-0.05, 0) is 32.0 Å². The maximum absolute atomic E-state index is 11.5. The van der Waals surface area contributed by atoms with E-state index in [1.54, 1.807) is 13.8 Å². The van der Waals surface area contributed by atoms with Gasteiger partial charge >= 0.3 is 6.03 Å². The Balaban J connectivity index is 2.99. The van der Waals surface area contributed by atoms with Crippen molar-refractivity contribution in [1.82, 2.24) is 5.32 Å². The zero-order valence-corrected chi connectivity index (χ0v) is 11.5. The largest absolute Gasteiger partial charge is 0.336 e. The van der Waals surface area contributed by atoms with Gasteiger partial charge in [-0.3, -0.25) is 0 Å². The molecule has 6 nitrogen and oxygen atoms in total. The van der Waals surface area contributed by atoms with Crippen molar-refractivity contribution in [3.63, 3.8) is 0 Å². The van der Waals surface area contributed by atoms with Gasteiger partial charge < -0.3 is 10.6 Å². The van der Waals surface area contributed by atoms with Gasteiger partial charge in [0.2, 0.25) is 10.0 Å². The number of hydrogen-bond acceptors (Lipinski definition) is 3. The topological polar surface area (TPSA) is 101 Å². The molecule has 0 atom stereocenters. The molecule has 4 N–H and O–H groups in total. The monoisotopic (exact) mass is 291 g/mol.